The zero-order chi connectivity index (χ0) is 16.4. The minimum absolute atomic E-state index is 0.0937. The van der Waals surface area contributed by atoms with Crippen LogP contribution in [0.2, 0.25) is 0 Å². The van der Waals surface area contributed by atoms with Gasteiger partial charge in [-0.05, 0) is 30.9 Å². The SMILES string of the molecule is CC.O=C(O)CCNc1ccc(N2CCC(CO)CC2)nc1. The quantitative estimate of drug-likeness (QED) is 0.747. The molecule has 0 aliphatic carbocycles. The monoisotopic (exact) mass is 309 g/mol. The van der Waals surface area contributed by atoms with Crippen molar-refractivity contribution in [2.75, 3.05) is 36.5 Å². The number of hydrogen-bond acceptors (Lipinski definition) is 5. The first kappa shape index (κ1) is 18.2. The van der Waals surface area contributed by atoms with E-state index in [4.69, 9.17) is 10.2 Å². The van der Waals surface area contributed by atoms with Gasteiger partial charge in [0.15, 0.2) is 0 Å². The first-order valence-electron chi connectivity index (χ1n) is 7.96. The Bertz CT molecular complexity index is 429. The first-order chi connectivity index (χ1) is 10.7. The maximum Gasteiger partial charge on any atom is 0.305 e. The third kappa shape index (κ3) is 5.89. The Balaban J connectivity index is 0.00000116. The molecule has 0 atom stereocenters. The molecule has 0 amide bonds. The van der Waals surface area contributed by atoms with Crippen molar-refractivity contribution in [2.45, 2.75) is 33.1 Å². The fourth-order valence-corrected chi connectivity index (χ4v) is 2.34. The van der Waals surface area contributed by atoms with Crippen molar-refractivity contribution in [2.24, 2.45) is 5.92 Å². The summed E-state index contributed by atoms with van der Waals surface area (Å²) in [6.07, 6.45) is 3.82. The minimum Gasteiger partial charge on any atom is -0.481 e. The van der Waals surface area contributed by atoms with Crippen molar-refractivity contribution >= 4 is 17.5 Å². The lowest BCUT2D eigenvalue weighted by Gasteiger charge is -2.32. The van der Waals surface area contributed by atoms with Gasteiger partial charge < -0.3 is 20.4 Å². The Kier molecular flexibility index (Phi) is 8.28. The van der Waals surface area contributed by atoms with Crippen LogP contribution in [0.5, 0.6) is 0 Å². The molecule has 0 radical (unpaired) electrons. The zero-order valence-electron chi connectivity index (χ0n) is 13.5. The predicted molar refractivity (Wildman–Crippen MR) is 88.4 cm³/mol. The van der Waals surface area contributed by atoms with E-state index < -0.39 is 5.97 Å². The molecule has 0 aromatic carbocycles. The second-order valence-corrected chi connectivity index (χ2v) is 5.09. The summed E-state index contributed by atoms with van der Waals surface area (Å²) in [6, 6.07) is 3.87. The largest absolute Gasteiger partial charge is 0.481 e. The number of carboxylic acids is 1. The predicted octanol–water partition coefficient (Wildman–Crippen LogP) is 2.20. The molecule has 0 unspecified atom stereocenters. The van der Waals surface area contributed by atoms with E-state index in [-0.39, 0.29) is 13.0 Å². The number of pyridine rings is 1. The smallest absolute Gasteiger partial charge is 0.305 e. The van der Waals surface area contributed by atoms with E-state index in [9.17, 15) is 4.79 Å². The number of carboxylic acid groups (broad SMARTS) is 1. The van der Waals surface area contributed by atoms with Gasteiger partial charge in [-0.15, -0.1) is 0 Å². The van der Waals surface area contributed by atoms with Crippen molar-refractivity contribution in [1.82, 2.24) is 4.98 Å². The van der Waals surface area contributed by atoms with Crippen LogP contribution in [0.25, 0.3) is 0 Å². The highest BCUT2D eigenvalue weighted by molar-refractivity contribution is 5.67. The average molecular weight is 309 g/mol. The Morgan fingerprint density at radius 2 is 2.05 bits per heavy atom. The number of piperidine rings is 1. The molecule has 1 aromatic heterocycles. The number of anilines is 2. The first-order valence-corrected chi connectivity index (χ1v) is 7.96. The highest BCUT2D eigenvalue weighted by Gasteiger charge is 2.19. The van der Waals surface area contributed by atoms with Crippen LogP contribution in [0.1, 0.15) is 33.1 Å². The number of hydrogen-bond donors (Lipinski definition) is 3. The van der Waals surface area contributed by atoms with Crippen LogP contribution in [0.3, 0.4) is 0 Å². The summed E-state index contributed by atoms with van der Waals surface area (Å²) < 4.78 is 0. The van der Waals surface area contributed by atoms with Gasteiger partial charge >= 0.3 is 5.97 Å². The molecule has 0 saturated carbocycles. The maximum atomic E-state index is 10.4. The summed E-state index contributed by atoms with van der Waals surface area (Å²) in [5.74, 6) is 0.544. The number of nitrogens with one attached hydrogen (secondary N) is 1. The van der Waals surface area contributed by atoms with Crippen molar-refractivity contribution in [3.8, 4) is 0 Å². The van der Waals surface area contributed by atoms with Gasteiger partial charge in [-0.3, -0.25) is 4.79 Å². The molecule has 2 heterocycles. The summed E-state index contributed by atoms with van der Waals surface area (Å²) in [5.41, 5.74) is 0.834. The highest BCUT2D eigenvalue weighted by Crippen LogP contribution is 2.22. The van der Waals surface area contributed by atoms with E-state index >= 15 is 0 Å². The molecule has 1 aliphatic rings. The molecule has 0 spiro atoms. The van der Waals surface area contributed by atoms with Crippen molar-refractivity contribution in [1.29, 1.82) is 0 Å². The van der Waals surface area contributed by atoms with Crippen LogP contribution in [0.15, 0.2) is 18.3 Å². The molecule has 0 bridgehead atoms. The number of aliphatic hydroxyl groups excluding tert-OH is 1. The average Bonchev–Trinajstić information content (AvgIpc) is 2.57. The minimum atomic E-state index is -0.811. The Morgan fingerprint density at radius 1 is 1.36 bits per heavy atom. The molecular formula is C16H27N3O3. The fraction of sp³-hybridized carbons (Fsp3) is 0.625. The van der Waals surface area contributed by atoms with Gasteiger partial charge in [0, 0.05) is 26.2 Å². The molecule has 6 heteroatoms. The van der Waals surface area contributed by atoms with E-state index in [0.717, 1.165) is 37.4 Å². The van der Waals surface area contributed by atoms with E-state index in [0.29, 0.717) is 12.5 Å². The standard InChI is InChI=1S/C14H21N3O3.C2H6/c18-10-11-4-7-17(8-5-11)13-2-1-12(9-16-13)15-6-3-14(19)20;1-2/h1-2,9,11,15,18H,3-8,10H2,(H,19,20);1-2H3. The third-order valence-corrected chi connectivity index (χ3v) is 3.61. The number of aliphatic carboxylic acids is 1. The lowest BCUT2D eigenvalue weighted by molar-refractivity contribution is -0.136. The van der Waals surface area contributed by atoms with Gasteiger partial charge in [-0.2, -0.15) is 0 Å². The summed E-state index contributed by atoms with van der Waals surface area (Å²) in [7, 11) is 0. The van der Waals surface area contributed by atoms with Gasteiger partial charge in [0.05, 0.1) is 18.3 Å². The van der Waals surface area contributed by atoms with Crippen LogP contribution in [-0.4, -0.2) is 47.4 Å². The maximum absolute atomic E-state index is 10.4. The summed E-state index contributed by atoms with van der Waals surface area (Å²) in [5, 5.41) is 20.7. The Labute approximate surface area is 132 Å². The normalized spacial score (nSPS) is 15.0. The summed E-state index contributed by atoms with van der Waals surface area (Å²) in [4.78, 5) is 17.0. The molecule has 22 heavy (non-hydrogen) atoms. The molecule has 1 fully saturated rings. The molecule has 2 rings (SSSR count). The third-order valence-electron chi connectivity index (χ3n) is 3.61. The number of nitrogens with zero attached hydrogens (tertiary/aromatic N) is 2. The van der Waals surface area contributed by atoms with Gasteiger partial charge in [0.2, 0.25) is 0 Å². The van der Waals surface area contributed by atoms with E-state index in [1.54, 1.807) is 6.20 Å². The molecule has 1 aromatic rings. The van der Waals surface area contributed by atoms with Gasteiger partial charge in [-0.1, -0.05) is 13.8 Å². The highest BCUT2D eigenvalue weighted by atomic mass is 16.4. The van der Waals surface area contributed by atoms with Crippen LogP contribution < -0.4 is 10.2 Å². The zero-order valence-corrected chi connectivity index (χ0v) is 13.5. The number of rotatable bonds is 6. The second kappa shape index (κ2) is 10.00. The topological polar surface area (TPSA) is 85.7 Å². The van der Waals surface area contributed by atoms with Crippen molar-refractivity contribution in [3.63, 3.8) is 0 Å². The van der Waals surface area contributed by atoms with Crippen molar-refractivity contribution in [3.05, 3.63) is 18.3 Å². The lowest BCUT2D eigenvalue weighted by atomic mass is 9.98. The molecule has 6 nitrogen and oxygen atoms in total. The van der Waals surface area contributed by atoms with Gasteiger partial charge in [0.1, 0.15) is 5.82 Å². The van der Waals surface area contributed by atoms with E-state index in [1.165, 1.54) is 0 Å². The summed E-state index contributed by atoms with van der Waals surface area (Å²) >= 11 is 0. The van der Waals surface area contributed by atoms with Crippen LogP contribution in [0.4, 0.5) is 11.5 Å². The molecular weight excluding hydrogens is 282 g/mol. The van der Waals surface area contributed by atoms with E-state index in [2.05, 4.69) is 15.2 Å². The number of aromatic nitrogens is 1. The number of carbonyl (C=O) groups is 1. The van der Waals surface area contributed by atoms with Crippen LogP contribution in [0, 0.1) is 5.92 Å². The lowest BCUT2D eigenvalue weighted by Crippen LogP contribution is -2.35. The molecule has 1 aliphatic heterocycles. The fourth-order valence-electron chi connectivity index (χ4n) is 2.34. The van der Waals surface area contributed by atoms with Crippen LogP contribution >= 0.6 is 0 Å². The number of aliphatic hydroxyl groups is 1. The second-order valence-electron chi connectivity index (χ2n) is 5.09. The summed E-state index contributed by atoms with van der Waals surface area (Å²) in [6.45, 7) is 6.51. The van der Waals surface area contributed by atoms with Gasteiger partial charge in [-0.25, -0.2) is 4.98 Å². The van der Waals surface area contributed by atoms with Gasteiger partial charge in [0.25, 0.3) is 0 Å². The molecule has 3 N–H and O–H groups in total. The Hall–Kier alpha value is -1.82. The van der Waals surface area contributed by atoms with E-state index in [1.807, 2.05) is 26.0 Å². The van der Waals surface area contributed by atoms with Crippen LogP contribution in [-0.2, 0) is 4.79 Å². The van der Waals surface area contributed by atoms with Crippen molar-refractivity contribution < 1.29 is 15.0 Å². The Morgan fingerprint density at radius 3 is 2.55 bits per heavy atom. The molecule has 1 saturated heterocycles. The molecule has 124 valence electrons.